The van der Waals surface area contributed by atoms with Crippen molar-refractivity contribution < 1.29 is 18.3 Å². The molecule has 0 aliphatic rings. The minimum Gasteiger partial charge on any atom is -0.497 e. The molecule has 5 nitrogen and oxygen atoms in total. The largest absolute Gasteiger partial charge is 0.497 e. The van der Waals surface area contributed by atoms with Crippen LogP contribution in [-0.4, -0.2) is 13.0 Å². The Kier molecular flexibility index (Phi) is 5.30. The first-order valence-corrected chi connectivity index (χ1v) is 9.33. The zero-order valence-corrected chi connectivity index (χ0v) is 16.5. The first-order chi connectivity index (χ1) is 14.5. The molecule has 0 radical (unpaired) electrons. The van der Waals surface area contributed by atoms with Crippen molar-refractivity contribution in [2.24, 2.45) is 4.99 Å². The molecule has 0 bridgehead atoms. The maximum atomic E-state index is 13.6. The number of ether oxygens (including phenoxy) is 1. The maximum absolute atomic E-state index is 13.6. The van der Waals surface area contributed by atoms with Crippen LogP contribution in [0.25, 0.3) is 11.0 Å². The van der Waals surface area contributed by atoms with E-state index >= 15 is 0 Å². The van der Waals surface area contributed by atoms with Gasteiger partial charge in [-0.25, -0.2) is 9.38 Å². The van der Waals surface area contributed by atoms with E-state index in [4.69, 9.17) is 9.15 Å². The summed E-state index contributed by atoms with van der Waals surface area (Å²) in [5, 5.41) is 3.62. The van der Waals surface area contributed by atoms with Crippen LogP contribution in [-0.2, 0) is 0 Å². The van der Waals surface area contributed by atoms with Crippen LogP contribution >= 0.6 is 0 Å². The number of fused-ring (bicyclic) bond motifs is 1. The third-order valence-electron chi connectivity index (χ3n) is 4.62. The van der Waals surface area contributed by atoms with Gasteiger partial charge in [0.2, 0.25) is 5.55 Å². The van der Waals surface area contributed by atoms with Crippen molar-refractivity contribution in [2.75, 3.05) is 12.4 Å². The monoisotopic (exact) mass is 402 g/mol. The van der Waals surface area contributed by atoms with E-state index in [-0.39, 0.29) is 22.8 Å². The summed E-state index contributed by atoms with van der Waals surface area (Å²) in [5.41, 5.74) is 2.57. The predicted octanol–water partition coefficient (Wildman–Crippen LogP) is 5.37. The highest BCUT2D eigenvalue weighted by Gasteiger charge is 2.13. The van der Waals surface area contributed by atoms with Crippen LogP contribution in [0.4, 0.5) is 15.8 Å². The fourth-order valence-electron chi connectivity index (χ4n) is 3.00. The number of hydrogen-bond acceptors (Lipinski definition) is 4. The highest BCUT2D eigenvalue weighted by Crippen LogP contribution is 2.19. The summed E-state index contributed by atoms with van der Waals surface area (Å²) < 4.78 is 24.7. The molecule has 0 saturated heterocycles. The number of amides is 1. The minimum atomic E-state index is -0.368. The second-order valence-electron chi connectivity index (χ2n) is 6.73. The number of hydrogen-bond donors (Lipinski definition) is 1. The number of carbonyl (C=O) groups is 1. The molecule has 0 unspecified atom stereocenters. The van der Waals surface area contributed by atoms with Crippen molar-refractivity contribution in [2.45, 2.75) is 6.92 Å². The predicted molar refractivity (Wildman–Crippen MR) is 114 cm³/mol. The Hall–Kier alpha value is -3.93. The van der Waals surface area contributed by atoms with Gasteiger partial charge < -0.3 is 14.5 Å². The van der Waals surface area contributed by atoms with Gasteiger partial charge in [-0.1, -0.05) is 18.2 Å². The Morgan fingerprint density at radius 1 is 1.03 bits per heavy atom. The number of para-hydroxylation sites is 1. The van der Waals surface area contributed by atoms with E-state index in [1.807, 2.05) is 18.2 Å². The zero-order chi connectivity index (χ0) is 21.1. The van der Waals surface area contributed by atoms with Crippen LogP contribution in [0, 0.1) is 12.7 Å². The number of nitrogens with zero attached hydrogens (tertiary/aromatic N) is 1. The highest BCUT2D eigenvalue weighted by molar-refractivity contribution is 6.05. The summed E-state index contributed by atoms with van der Waals surface area (Å²) in [6.07, 6.45) is 0. The molecule has 1 amide bonds. The molecule has 0 spiro atoms. The van der Waals surface area contributed by atoms with Crippen LogP contribution < -0.4 is 15.6 Å². The molecule has 6 heteroatoms. The van der Waals surface area contributed by atoms with Gasteiger partial charge in [0.1, 0.15) is 22.7 Å². The molecule has 0 saturated carbocycles. The van der Waals surface area contributed by atoms with E-state index in [9.17, 15) is 9.18 Å². The van der Waals surface area contributed by atoms with Crippen LogP contribution in [0.15, 0.2) is 82.2 Å². The molecule has 0 aliphatic carbocycles. The first kappa shape index (κ1) is 19.4. The van der Waals surface area contributed by atoms with Gasteiger partial charge in [-0.3, -0.25) is 4.79 Å². The summed E-state index contributed by atoms with van der Waals surface area (Å²) >= 11 is 0. The molecule has 1 N–H and O–H groups in total. The van der Waals surface area contributed by atoms with Gasteiger partial charge in [0.25, 0.3) is 5.91 Å². The lowest BCUT2D eigenvalue weighted by atomic mass is 10.1. The van der Waals surface area contributed by atoms with Crippen molar-refractivity contribution in [3.05, 3.63) is 95.3 Å². The molecule has 4 rings (SSSR count). The lowest BCUT2D eigenvalue weighted by Gasteiger charge is -2.08. The van der Waals surface area contributed by atoms with Gasteiger partial charge in [0.15, 0.2) is 0 Å². The average Bonchev–Trinajstić information content (AvgIpc) is 2.76. The summed E-state index contributed by atoms with van der Waals surface area (Å²) in [4.78, 5) is 17.5. The highest BCUT2D eigenvalue weighted by atomic mass is 19.1. The van der Waals surface area contributed by atoms with Crippen molar-refractivity contribution in [3.63, 3.8) is 0 Å². The average molecular weight is 402 g/mol. The summed E-state index contributed by atoms with van der Waals surface area (Å²) in [7, 11) is 1.58. The summed E-state index contributed by atoms with van der Waals surface area (Å²) in [6, 6.07) is 20.6. The SMILES string of the molecule is COc1ccc(NC(=O)c2cc3ccccc3oc2=Nc2ccc(F)c(C)c2)cc1. The van der Waals surface area contributed by atoms with Crippen LogP contribution in [0.2, 0.25) is 0 Å². The van der Waals surface area contributed by atoms with Crippen LogP contribution in [0.5, 0.6) is 5.75 Å². The number of aryl methyl sites for hydroxylation is 1. The van der Waals surface area contributed by atoms with Gasteiger partial charge in [0.05, 0.1) is 12.8 Å². The van der Waals surface area contributed by atoms with Gasteiger partial charge in [-0.05, 0) is 67.1 Å². The molecule has 4 aromatic rings. The van der Waals surface area contributed by atoms with Gasteiger partial charge >= 0.3 is 0 Å². The molecule has 1 heterocycles. The Bertz CT molecular complexity index is 1290. The van der Waals surface area contributed by atoms with Crippen molar-refractivity contribution in [1.29, 1.82) is 0 Å². The van der Waals surface area contributed by atoms with Gasteiger partial charge in [-0.15, -0.1) is 0 Å². The molecule has 0 fully saturated rings. The molecule has 30 heavy (non-hydrogen) atoms. The molecular formula is C24H19FN2O3. The first-order valence-electron chi connectivity index (χ1n) is 9.33. The van der Waals surface area contributed by atoms with Gasteiger partial charge in [-0.2, -0.15) is 0 Å². The Balaban J connectivity index is 1.80. The molecule has 0 atom stereocenters. The Morgan fingerprint density at radius 3 is 2.53 bits per heavy atom. The van der Waals surface area contributed by atoms with E-state index in [1.165, 1.54) is 12.1 Å². The zero-order valence-electron chi connectivity index (χ0n) is 16.5. The molecule has 0 aliphatic heterocycles. The second kappa shape index (κ2) is 8.21. The third kappa shape index (κ3) is 4.07. The fraction of sp³-hybridized carbons (Fsp3) is 0.0833. The van der Waals surface area contributed by atoms with E-state index < -0.39 is 0 Å². The van der Waals surface area contributed by atoms with E-state index in [0.29, 0.717) is 28.3 Å². The Morgan fingerprint density at radius 2 is 1.80 bits per heavy atom. The molecule has 150 valence electrons. The van der Waals surface area contributed by atoms with Crippen molar-refractivity contribution in [3.8, 4) is 5.75 Å². The molecular weight excluding hydrogens is 383 g/mol. The number of nitrogens with one attached hydrogen (secondary N) is 1. The molecule has 1 aromatic heterocycles. The van der Waals surface area contributed by atoms with E-state index in [0.717, 1.165) is 5.39 Å². The molecule has 3 aromatic carbocycles. The van der Waals surface area contributed by atoms with Crippen molar-refractivity contribution >= 4 is 28.3 Å². The lowest BCUT2D eigenvalue weighted by molar-refractivity contribution is 0.102. The van der Waals surface area contributed by atoms with Crippen LogP contribution in [0.3, 0.4) is 0 Å². The number of carbonyl (C=O) groups excluding carboxylic acids is 1. The second-order valence-corrected chi connectivity index (χ2v) is 6.73. The standard InChI is InChI=1S/C24H19FN2O3/c1-15-13-18(9-12-21(15)25)27-24-20(14-16-5-3-4-6-22(16)30-24)23(28)26-17-7-10-19(29-2)11-8-17/h3-14H,1-2H3,(H,26,28). The van der Waals surface area contributed by atoms with E-state index in [1.54, 1.807) is 56.5 Å². The summed E-state index contributed by atoms with van der Waals surface area (Å²) in [5.74, 6) is 0.00481. The number of anilines is 1. The number of methoxy groups -OCH3 is 1. The summed E-state index contributed by atoms with van der Waals surface area (Å²) in [6.45, 7) is 1.66. The van der Waals surface area contributed by atoms with E-state index in [2.05, 4.69) is 10.3 Å². The topological polar surface area (TPSA) is 63.8 Å². The lowest BCUT2D eigenvalue weighted by Crippen LogP contribution is -2.21. The Labute approximate surface area is 172 Å². The number of rotatable bonds is 4. The van der Waals surface area contributed by atoms with Gasteiger partial charge in [0, 0.05) is 11.1 Å². The third-order valence-corrected chi connectivity index (χ3v) is 4.62. The number of halogens is 1. The maximum Gasteiger partial charge on any atom is 0.261 e. The quantitative estimate of drug-likeness (QED) is 0.499. The smallest absolute Gasteiger partial charge is 0.261 e. The van der Waals surface area contributed by atoms with Crippen molar-refractivity contribution in [1.82, 2.24) is 0 Å². The minimum absolute atomic E-state index is 0.144. The normalized spacial score (nSPS) is 11.5. The fourth-order valence-corrected chi connectivity index (χ4v) is 3.00. The number of benzene rings is 3. The van der Waals surface area contributed by atoms with Crippen LogP contribution in [0.1, 0.15) is 15.9 Å².